The number of aryl methyl sites for hydroxylation is 1. The van der Waals surface area contributed by atoms with Crippen molar-refractivity contribution >= 4 is 38.9 Å². The molecular formula is C18H17ClN2O3S. The fraction of sp³-hybridized carbons (Fsp3) is 0.278. The number of carbonyl (C=O) groups is 1. The van der Waals surface area contributed by atoms with Gasteiger partial charge in [-0.15, -0.1) is 0 Å². The Morgan fingerprint density at radius 1 is 1.20 bits per heavy atom. The Hall–Kier alpha value is -2.05. The molecule has 5 nitrogen and oxygen atoms in total. The molecule has 2 heterocycles. The highest BCUT2D eigenvalue weighted by atomic mass is 35.5. The second-order valence-corrected chi connectivity index (χ2v) is 8.57. The van der Waals surface area contributed by atoms with Gasteiger partial charge in [0.25, 0.3) is 10.0 Å². The fourth-order valence-electron chi connectivity index (χ4n) is 3.58. The van der Waals surface area contributed by atoms with Crippen LogP contribution < -0.4 is 9.62 Å². The standard InChI is InChI=1S/C18H17ClN2O3S/c1-11-16-10-14(9-12-3-2-8-21(17(12)16)18(11)22)20-25(23,24)15-6-4-13(19)5-7-15/h4-7,9-11,20H,2-3,8H2,1H3/t11-/m1/s1. The number of benzene rings is 2. The maximum absolute atomic E-state index is 12.6. The molecule has 130 valence electrons. The molecule has 1 N–H and O–H groups in total. The summed E-state index contributed by atoms with van der Waals surface area (Å²) in [4.78, 5) is 14.4. The van der Waals surface area contributed by atoms with E-state index in [0.29, 0.717) is 10.7 Å². The molecule has 0 unspecified atom stereocenters. The van der Waals surface area contributed by atoms with Crippen molar-refractivity contribution in [2.24, 2.45) is 0 Å². The average Bonchev–Trinajstić information content (AvgIpc) is 2.82. The summed E-state index contributed by atoms with van der Waals surface area (Å²) >= 11 is 5.82. The van der Waals surface area contributed by atoms with Crippen LogP contribution >= 0.6 is 11.6 Å². The summed E-state index contributed by atoms with van der Waals surface area (Å²) in [6, 6.07) is 9.64. The maximum atomic E-state index is 12.6. The van der Waals surface area contributed by atoms with Crippen molar-refractivity contribution in [2.45, 2.75) is 30.6 Å². The van der Waals surface area contributed by atoms with E-state index in [1.165, 1.54) is 12.1 Å². The van der Waals surface area contributed by atoms with Crippen molar-refractivity contribution in [1.82, 2.24) is 0 Å². The number of hydrogen-bond acceptors (Lipinski definition) is 3. The second kappa shape index (κ2) is 5.75. The Morgan fingerprint density at radius 2 is 1.92 bits per heavy atom. The Bertz CT molecular complexity index is 971. The van der Waals surface area contributed by atoms with Gasteiger partial charge in [0.2, 0.25) is 5.91 Å². The third kappa shape index (κ3) is 2.69. The van der Waals surface area contributed by atoms with Gasteiger partial charge in [0.05, 0.1) is 16.5 Å². The van der Waals surface area contributed by atoms with Gasteiger partial charge in [-0.3, -0.25) is 9.52 Å². The largest absolute Gasteiger partial charge is 0.311 e. The Balaban J connectivity index is 1.73. The average molecular weight is 377 g/mol. The molecule has 2 aromatic rings. The van der Waals surface area contributed by atoms with Crippen LogP contribution in [-0.4, -0.2) is 20.9 Å². The maximum Gasteiger partial charge on any atom is 0.261 e. The van der Waals surface area contributed by atoms with Crippen LogP contribution in [0.2, 0.25) is 5.02 Å². The van der Waals surface area contributed by atoms with E-state index in [2.05, 4.69) is 4.72 Å². The quantitative estimate of drug-likeness (QED) is 0.890. The first-order chi connectivity index (χ1) is 11.9. The monoisotopic (exact) mass is 376 g/mol. The molecule has 1 amide bonds. The van der Waals surface area contributed by atoms with Gasteiger partial charge in [-0.1, -0.05) is 11.6 Å². The Morgan fingerprint density at radius 3 is 2.64 bits per heavy atom. The molecule has 25 heavy (non-hydrogen) atoms. The molecule has 0 saturated heterocycles. The minimum Gasteiger partial charge on any atom is -0.311 e. The normalized spacial score (nSPS) is 19.0. The number of hydrogen-bond donors (Lipinski definition) is 1. The lowest BCUT2D eigenvalue weighted by Gasteiger charge is -2.26. The van der Waals surface area contributed by atoms with Crippen molar-refractivity contribution in [2.75, 3.05) is 16.2 Å². The second-order valence-electron chi connectivity index (χ2n) is 6.45. The number of amides is 1. The number of sulfonamides is 1. The van der Waals surface area contributed by atoms with E-state index in [-0.39, 0.29) is 16.7 Å². The predicted octanol–water partition coefficient (Wildman–Crippen LogP) is 3.54. The number of nitrogens with zero attached hydrogens (tertiary/aromatic N) is 1. The van der Waals surface area contributed by atoms with Crippen LogP contribution in [0.25, 0.3) is 0 Å². The molecular weight excluding hydrogens is 360 g/mol. The van der Waals surface area contributed by atoms with Crippen LogP contribution in [0.5, 0.6) is 0 Å². The lowest BCUT2D eigenvalue weighted by Crippen LogP contribution is -2.32. The van der Waals surface area contributed by atoms with Gasteiger partial charge in [0, 0.05) is 17.3 Å². The molecule has 2 aliphatic rings. The molecule has 0 bridgehead atoms. The van der Waals surface area contributed by atoms with E-state index >= 15 is 0 Å². The van der Waals surface area contributed by atoms with Crippen LogP contribution in [0, 0.1) is 0 Å². The highest BCUT2D eigenvalue weighted by molar-refractivity contribution is 7.92. The number of rotatable bonds is 3. The van der Waals surface area contributed by atoms with E-state index in [1.807, 2.05) is 17.9 Å². The third-order valence-corrected chi connectivity index (χ3v) is 6.44. The predicted molar refractivity (Wildman–Crippen MR) is 97.8 cm³/mol. The van der Waals surface area contributed by atoms with Crippen molar-refractivity contribution in [1.29, 1.82) is 0 Å². The van der Waals surface area contributed by atoms with Crippen LogP contribution in [0.4, 0.5) is 11.4 Å². The van der Waals surface area contributed by atoms with Crippen molar-refractivity contribution in [3.05, 3.63) is 52.5 Å². The first-order valence-electron chi connectivity index (χ1n) is 8.13. The summed E-state index contributed by atoms with van der Waals surface area (Å²) in [5.74, 6) is -0.152. The van der Waals surface area contributed by atoms with Crippen molar-refractivity contribution in [3.63, 3.8) is 0 Å². The molecule has 0 radical (unpaired) electrons. The highest BCUT2D eigenvalue weighted by Gasteiger charge is 2.38. The molecule has 1 atom stereocenters. The van der Waals surface area contributed by atoms with E-state index in [0.717, 1.165) is 36.2 Å². The number of carbonyl (C=O) groups excluding carboxylic acids is 1. The zero-order chi connectivity index (χ0) is 17.8. The highest BCUT2D eigenvalue weighted by Crippen LogP contribution is 2.44. The zero-order valence-electron chi connectivity index (χ0n) is 13.6. The van der Waals surface area contributed by atoms with Crippen LogP contribution in [0.15, 0.2) is 41.3 Å². The van der Waals surface area contributed by atoms with Crippen molar-refractivity contribution in [3.8, 4) is 0 Å². The minimum atomic E-state index is -3.71. The molecule has 0 spiro atoms. The van der Waals surface area contributed by atoms with Crippen LogP contribution in [0.1, 0.15) is 30.4 Å². The fourth-order valence-corrected chi connectivity index (χ4v) is 4.75. The topological polar surface area (TPSA) is 66.5 Å². The molecule has 2 aliphatic heterocycles. The molecule has 7 heteroatoms. The summed E-state index contributed by atoms with van der Waals surface area (Å²) in [6.45, 7) is 2.60. The van der Waals surface area contributed by atoms with E-state index in [4.69, 9.17) is 11.6 Å². The van der Waals surface area contributed by atoms with Crippen LogP contribution in [0.3, 0.4) is 0 Å². The van der Waals surface area contributed by atoms with Gasteiger partial charge in [-0.2, -0.15) is 0 Å². The van der Waals surface area contributed by atoms with Gasteiger partial charge in [0.15, 0.2) is 0 Å². The Kier molecular flexibility index (Phi) is 3.77. The van der Waals surface area contributed by atoms with E-state index < -0.39 is 10.0 Å². The smallest absolute Gasteiger partial charge is 0.261 e. The molecule has 4 rings (SSSR count). The van der Waals surface area contributed by atoms with Crippen LogP contribution in [-0.2, 0) is 21.2 Å². The molecule has 0 aliphatic carbocycles. The summed E-state index contributed by atoms with van der Waals surface area (Å²) in [7, 11) is -3.71. The number of nitrogens with one attached hydrogen (secondary N) is 1. The molecule has 2 aromatic carbocycles. The number of anilines is 2. The van der Waals surface area contributed by atoms with Crippen molar-refractivity contribution < 1.29 is 13.2 Å². The number of halogens is 1. The summed E-state index contributed by atoms with van der Waals surface area (Å²) < 4.78 is 27.8. The lowest BCUT2D eigenvalue weighted by atomic mass is 9.96. The molecule has 0 saturated carbocycles. The molecule has 0 fully saturated rings. The summed E-state index contributed by atoms with van der Waals surface area (Å²) in [5.41, 5.74) is 3.39. The summed E-state index contributed by atoms with van der Waals surface area (Å²) in [6.07, 6.45) is 1.73. The lowest BCUT2D eigenvalue weighted by molar-refractivity contribution is -0.119. The van der Waals surface area contributed by atoms with Gasteiger partial charge >= 0.3 is 0 Å². The van der Waals surface area contributed by atoms with Gasteiger partial charge in [0.1, 0.15) is 0 Å². The molecule has 0 aromatic heterocycles. The first kappa shape index (κ1) is 16.4. The Labute approximate surface area is 151 Å². The SMILES string of the molecule is C[C@H]1C(=O)N2CCCc3cc(NS(=O)(=O)c4ccc(Cl)cc4)cc1c32. The van der Waals surface area contributed by atoms with Gasteiger partial charge in [-0.05, 0) is 67.3 Å². The minimum absolute atomic E-state index is 0.0914. The third-order valence-electron chi connectivity index (χ3n) is 4.80. The zero-order valence-corrected chi connectivity index (χ0v) is 15.2. The van der Waals surface area contributed by atoms with Gasteiger partial charge in [-0.25, -0.2) is 8.42 Å². The van der Waals surface area contributed by atoms with E-state index in [1.54, 1.807) is 18.2 Å². The van der Waals surface area contributed by atoms with E-state index in [9.17, 15) is 13.2 Å². The summed E-state index contributed by atoms with van der Waals surface area (Å²) in [5, 5.41) is 0.480. The first-order valence-corrected chi connectivity index (χ1v) is 9.99. The van der Waals surface area contributed by atoms with Gasteiger partial charge < -0.3 is 4.90 Å².